The minimum atomic E-state index is -0.0648. The van der Waals surface area contributed by atoms with Crippen molar-refractivity contribution >= 4 is 6.29 Å². The van der Waals surface area contributed by atoms with Crippen LogP contribution in [0.3, 0.4) is 0 Å². The standard InChI is InChI=1S/C12H16O.C4H10O2/c1-2-4-11-6-8-12(9-7-11)5-3-10-13;1-4(5-2)6-3/h6-10H,2-5H2,1H3;4H,1-3H3. The fourth-order valence-corrected chi connectivity index (χ4v) is 1.48. The highest BCUT2D eigenvalue weighted by Crippen LogP contribution is 2.07. The maximum Gasteiger partial charge on any atom is 0.154 e. The monoisotopic (exact) mass is 266 g/mol. The molecule has 3 heteroatoms. The van der Waals surface area contributed by atoms with E-state index in [4.69, 9.17) is 0 Å². The molecule has 1 aromatic carbocycles. The second-order valence-electron chi connectivity index (χ2n) is 4.31. The van der Waals surface area contributed by atoms with Crippen LogP contribution in [0.15, 0.2) is 24.3 Å². The van der Waals surface area contributed by atoms with Crippen LogP contribution in [-0.2, 0) is 27.1 Å². The van der Waals surface area contributed by atoms with Gasteiger partial charge in [0, 0.05) is 20.6 Å². The number of aldehydes is 1. The lowest BCUT2D eigenvalue weighted by molar-refractivity contribution is -0.107. The molecule has 0 heterocycles. The molecule has 0 N–H and O–H groups in total. The molecule has 0 aliphatic heterocycles. The first-order valence-electron chi connectivity index (χ1n) is 6.74. The summed E-state index contributed by atoms with van der Waals surface area (Å²) in [4.78, 5) is 10.1. The van der Waals surface area contributed by atoms with Gasteiger partial charge in [0.25, 0.3) is 0 Å². The molecule has 0 atom stereocenters. The molecule has 3 nitrogen and oxygen atoms in total. The Labute approximate surface area is 116 Å². The summed E-state index contributed by atoms with van der Waals surface area (Å²) in [6, 6.07) is 8.55. The molecule has 19 heavy (non-hydrogen) atoms. The largest absolute Gasteiger partial charge is 0.356 e. The number of hydrogen-bond donors (Lipinski definition) is 0. The quantitative estimate of drug-likeness (QED) is 0.560. The van der Waals surface area contributed by atoms with E-state index in [9.17, 15) is 4.79 Å². The molecule has 0 bridgehead atoms. The first-order chi connectivity index (χ1) is 9.17. The van der Waals surface area contributed by atoms with Gasteiger partial charge in [-0.3, -0.25) is 0 Å². The average molecular weight is 266 g/mol. The first kappa shape index (κ1) is 17.8. The van der Waals surface area contributed by atoms with E-state index in [1.165, 1.54) is 17.5 Å². The summed E-state index contributed by atoms with van der Waals surface area (Å²) in [5.74, 6) is 0. The van der Waals surface area contributed by atoms with Crippen molar-refractivity contribution < 1.29 is 14.3 Å². The number of aryl methyl sites for hydroxylation is 2. The minimum Gasteiger partial charge on any atom is -0.356 e. The van der Waals surface area contributed by atoms with Crippen LogP contribution in [-0.4, -0.2) is 26.8 Å². The molecule has 0 fully saturated rings. The molecule has 0 unspecified atom stereocenters. The van der Waals surface area contributed by atoms with E-state index in [1.54, 1.807) is 14.2 Å². The van der Waals surface area contributed by atoms with Crippen molar-refractivity contribution in [2.45, 2.75) is 45.8 Å². The highest BCUT2D eigenvalue weighted by Gasteiger charge is 1.93. The van der Waals surface area contributed by atoms with Gasteiger partial charge in [-0.2, -0.15) is 0 Å². The van der Waals surface area contributed by atoms with E-state index >= 15 is 0 Å². The molecule has 0 saturated heterocycles. The second-order valence-corrected chi connectivity index (χ2v) is 4.31. The highest BCUT2D eigenvalue weighted by atomic mass is 16.7. The Hall–Kier alpha value is -1.19. The Bertz CT molecular complexity index is 315. The zero-order chi connectivity index (χ0) is 14.5. The second kappa shape index (κ2) is 11.9. The van der Waals surface area contributed by atoms with Gasteiger partial charge in [-0.05, 0) is 30.9 Å². The maximum atomic E-state index is 10.1. The Morgan fingerprint density at radius 2 is 1.53 bits per heavy atom. The molecule has 1 aromatic rings. The number of ether oxygens (including phenoxy) is 2. The number of hydrogen-bond acceptors (Lipinski definition) is 3. The van der Waals surface area contributed by atoms with Crippen LogP contribution < -0.4 is 0 Å². The molecule has 0 aromatic heterocycles. The molecule has 0 aliphatic carbocycles. The normalized spacial score (nSPS) is 9.95. The van der Waals surface area contributed by atoms with Crippen LogP contribution in [0.5, 0.6) is 0 Å². The van der Waals surface area contributed by atoms with Crippen LogP contribution in [0, 0.1) is 0 Å². The van der Waals surface area contributed by atoms with Crippen LogP contribution in [0.1, 0.15) is 37.8 Å². The van der Waals surface area contributed by atoms with Crippen molar-refractivity contribution in [3.8, 4) is 0 Å². The van der Waals surface area contributed by atoms with Crippen LogP contribution in [0.2, 0.25) is 0 Å². The third-order valence-electron chi connectivity index (χ3n) is 2.78. The van der Waals surface area contributed by atoms with E-state index < -0.39 is 0 Å². The van der Waals surface area contributed by atoms with Crippen molar-refractivity contribution in [1.29, 1.82) is 0 Å². The zero-order valence-corrected chi connectivity index (χ0v) is 12.5. The van der Waals surface area contributed by atoms with Crippen molar-refractivity contribution in [3.63, 3.8) is 0 Å². The third kappa shape index (κ3) is 9.40. The number of benzene rings is 1. The minimum absolute atomic E-state index is 0.0648. The van der Waals surface area contributed by atoms with Gasteiger partial charge in [-0.1, -0.05) is 37.6 Å². The van der Waals surface area contributed by atoms with Crippen LogP contribution >= 0.6 is 0 Å². The number of methoxy groups -OCH3 is 2. The SMILES string of the molecule is CCCc1ccc(CCC=O)cc1.COC(C)OC. The topological polar surface area (TPSA) is 35.5 Å². The van der Waals surface area contributed by atoms with E-state index in [1.807, 2.05) is 6.92 Å². The molecule has 0 spiro atoms. The lowest BCUT2D eigenvalue weighted by Gasteiger charge is -2.03. The number of rotatable bonds is 7. The molecule has 0 radical (unpaired) electrons. The summed E-state index contributed by atoms with van der Waals surface area (Å²) in [6.45, 7) is 4.01. The van der Waals surface area contributed by atoms with Gasteiger partial charge in [-0.25, -0.2) is 0 Å². The Morgan fingerprint density at radius 1 is 1.05 bits per heavy atom. The predicted octanol–water partition coefficient (Wildman–Crippen LogP) is 3.40. The van der Waals surface area contributed by atoms with Gasteiger partial charge in [0.15, 0.2) is 6.29 Å². The molecule has 1 rings (SSSR count). The summed E-state index contributed by atoms with van der Waals surface area (Å²) in [7, 11) is 3.21. The Morgan fingerprint density at radius 3 is 1.84 bits per heavy atom. The first-order valence-corrected chi connectivity index (χ1v) is 6.74. The van der Waals surface area contributed by atoms with E-state index in [0.717, 1.165) is 19.1 Å². The molecular formula is C16H26O3. The fraction of sp³-hybridized carbons (Fsp3) is 0.562. The van der Waals surface area contributed by atoms with Crippen LogP contribution in [0.25, 0.3) is 0 Å². The van der Waals surface area contributed by atoms with Crippen molar-refractivity contribution in [3.05, 3.63) is 35.4 Å². The van der Waals surface area contributed by atoms with Crippen LogP contribution in [0.4, 0.5) is 0 Å². The average Bonchev–Trinajstić information content (AvgIpc) is 2.46. The summed E-state index contributed by atoms with van der Waals surface area (Å²) in [5.41, 5.74) is 2.64. The van der Waals surface area contributed by atoms with Crippen molar-refractivity contribution in [2.24, 2.45) is 0 Å². The molecular weight excluding hydrogens is 240 g/mol. The number of carbonyl (C=O) groups excluding carboxylic acids is 1. The van der Waals surface area contributed by atoms with E-state index in [2.05, 4.69) is 40.7 Å². The molecule has 108 valence electrons. The van der Waals surface area contributed by atoms with Gasteiger partial charge in [0.2, 0.25) is 0 Å². The van der Waals surface area contributed by atoms with Gasteiger partial charge < -0.3 is 14.3 Å². The summed E-state index contributed by atoms with van der Waals surface area (Å²) < 4.78 is 9.35. The van der Waals surface area contributed by atoms with Crippen molar-refractivity contribution in [2.75, 3.05) is 14.2 Å². The van der Waals surface area contributed by atoms with Crippen molar-refractivity contribution in [1.82, 2.24) is 0 Å². The molecule has 0 amide bonds. The van der Waals surface area contributed by atoms with Gasteiger partial charge in [0.05, 0.1) is 0 Å². The zero-order valence-electron chi connectivity index (χ0n) is 12.5. The third-order valence-corrected chi connectivity index (χ3v) is 2.78. The fourth-order valence-electron chi connectivity index (χ4n) is 1.48. The Balaban J connectivity index is 0.000000459. The number of carbonyl (C=O) groups is 1. The smallest absolute Gasteiger partial charge is 0.154 e. The Kier molecular flexibility index (Phi) is 11.1. The van der Waals surface area contributed by atoms with Gasteiger partial charge in [-0.15, -0.1) is 0 Å². The molecule has 0 aliphatic rings. The maximum absolute atomic E-state index is 10.1. The lowest BCUT2D eigenvalue weighted by Crippen LogP contribution is -2.05. The van der Waals surface area contributed by atoms with E-state index in [-0.39, 0.29) is 6.29 Å². The lowest BCUT2D eigenvalue weighted by atomic mass is 10.1. The van der Waals surface area contributed by atoms with E-state index in [0.29, 0.717) is 6.42 Å². The summed E-state index contributed by atoms with van der Waals surface area (Å²) in [6.07, 6.45) is 4.75. The summed E-state index contributed by atoms with van der Waals surface area (Å²) in [5, 5.41) is 0. The van der Waals surface area contributed by atoms with Gasteiger partial charge >= 0.3 is 0 Å². The summed E-state index contributed by atoms with van der Waals surface area (Å²) >= 11 is 0. The predicted molar refractivity (Wildman–Crippen MR) is 78.3 cm³/mol. The molecule has 0 saturated carbocycles. The van der Waals surface area contributed by atoms with Gasteiger partial charge in [0.1, 0.15) is 6.29 Å². The highest BCUT2D eigenvalue weighted by molar-refractivity contribution is 5.50.